The minimum Gasteiger partial charge on any atom is -0.448 e. The minimum absolute atomic E-state index is 0.210. The summed E-state index contributed by atoms with van der Waals surface area (Å²) in [6, 6.07) is 7.47. The number of ether oxygens (including phenoxy) is 2. The first-order chi connectivity index (χ1) is 17.3. The molecule has 9 nitrogen and oxygen atoms in total. The zero-order valence-electron chi connectivity index (χ0n) is 21.3. The molecule has 0 radical (unpaired) electrons. The molecule has 5 rings (SSSR count). The number of aromatic nitrogens is 1. The Hall–Kier alpha value is -3.33. The van der Waals surface area contributed by atoms with E-state index in [-0.39, 0.29) is 6.04 Å². The summed E-state index contributed by atoms with van der Waals surface area (Å²) in [4.78, 5) is 34.5. The number of nitrogens with one attached hydrogen (secondary N) is 1. The average molecular weight is 494 g/mol. The first kappa shape index (κ1) is 24.4. The van der Waals surface area contributed by atoms with Crippen LogP contribution in [0.1, 0.15) is 56.7 Å². The van der Waals surface area contributed by atoms with E-state index < -0.39 is 17.6 Å². The van der Waals surface area contributed by atoms with E-state index in [1.807, 2.05) is 25.1 Å². The van der Waals surface area contributed by atoms with Gasteiger partial charge in [-0.05, 0) is 61.6 Å². The molecule has 1 aromatic carbocycles. The number of rotatable bonds is 3. The van der Waals surface area contributed by atoms with Crippen LogP contribution in [0.25, 0.3) is 0 Å². The van der Waals surface area contributed by atoms with Crippen LogP contribution in [0.4, 0.5) is 11.5 Å². The summed E-state index contributed by atoms with van der Waals surface area (Å²) < 4.78 is 12.6. The van der Waals surface area contributed by atoms with Gasteiger partial charge in [0.2, 0.25) is 0 Å². The molecule has 3 aliphatic rings. The maximum Gasteiger partial charge on any atom is 0.313 e. The lowest BCUT2D eigenvalue weighted by atomic mass is 9.89. The molecular weight excluding hydrogens is 458 g/mol. The number of nitrogen functional groups attached to an aromatic ring is 1. The molecule has 2 aromatic rings. The molecule has 0 unspecified atom stereocenters. The van der Waals surface area contributed by atoms with Gasteiger partial charge in [0.25, 0.3) is 5.79 Å². The molecule has 2 fully saturated rings. The maximum atomic E-state index is 13.4. The molecule has 3 aliphatic heterocycles. The molecule has 2 atom stereocenters. The molecule has 4 heterocycles. The zero-order chi connectivity index (χ0) is 25.4. The van der Waals surface area contributed by atoms with Crippen LogP contribution < -0.4 is 20.5 Å². The summed E-state index contributed by atoms with van der Waals surface area (Å²) in [5.74, 6) is 0.364. The van der Waals surface area contributed by atoms with Crippen molar-refractivity contribution in [2.45, 2.75) is 57.8 Å². The number of fused-ring (bicyclic) bond motifs is 1. The van der Waals surface area contributed by atoms with Gasteiger partial charge in [0.15, 0.2) is 11.5 Å². The Bertz CT molecular complexity index is 1160. The number of nitrogens with two attached hydrogens (primary N) is 1. The normalized spacial score (nSPS) is 23.0. The largest absolute Gasteiger partial charge is 0.448 e. The molecule has 0 aliphatic carbocycles. The van der Waals surface area contributed by atoms with Gasteiger partial charge in [0, 0.05) is 32.5 Å². The Labute approximate surface area is 211 Å². The first-order valence-corrected chi connectivity index (χ1v) is 12.8. The van der Waals surface area contributed by atoms with E-state index in [4.69, 9.17) is 15.2 Å². The van der Waals surface area contributed by atoms with E-state index in [0.717, 1.165) is 55.6 Å². The number of piperidine rings is 2. The van der Waals surface area contributed by atoms with Crippen molar-refractivity contribution >= 4 is 23.3 Å². The number of amides is 2. The van der Waals surface area contributed by atoms with Crippen LogP contribution in [0.15, 0.2) is 30.5 Å². The predicted molar refractivity (Wildman–Crippen MR) is 137 cm³/mol. The zero-order valence-corrected chi connectivity index (χ0v) is 21.3. The summed E-state index contributed by atoms with van der Waals surface area (Å²) in [6.45, 7) is 6.42. The third kappa shape index (κ3) is 4.72. The molecular formula is C27H35N5O4. The number of carbonyl (C=O) groups excluding carboxylic acids is 2. The quantitative estimate of drug-likeness (QED) is 0.631. The Morgan fingerprint density at radius 2 is 1.92 bits per heavy atom. The van der Waals surface area contributed by atoms with E-state index in [2.05, 4.69) is 29.2 Å². The van der Waals surface area contributed by atoms with E-state index in [0.29, 0.717) is 36.1 Å². The second-order valence-electron chi connectivity index (χ2n) is 10.4. The number of carbonyl (C=O) groups is 2. The van der Waals surface area contributed by atoms with Gasteiger partial charge in [0.1, 0.15) is 5.82 Å². The molecule has 1 aromatic heterocycles. The van der Waals surface area contributed by atoms with Crippen LogP contribution in [0.5, 0.6) is 11.5 Å². The van der Waals surface area contributed by atoms with Crippen molar-refractivity contribution in [2.24, 2.45) is 5.92 Å². The lowest BCUT2D eigenvalue weighted by Gasteiger charge is -2.38. The van der Waals surface area contributed by atoms with Gasteiger partial charge in [-0.2, -0.15) is 0 Å². The number of nitrogens with zero attached hydrogens (tertiary/aromatic N) is 3. The fourth-order valence-electron chi connectivity index (χ4n) is 5.39. The van der Waals surface area contributed by atoms with Crippen molar-refractivity contribution in [2.75, 3.05) is 37.7 Å². The summed E-state index contributed by atoms with van der Waals surface area (Å²) >= 11 is 0. The first-order valence-electron chi connectivity index (χ1n) is 12.8. The van der Waals surface area contributed by atoms with Crippen LogP contribution in [-0.4, -0.2) is 59.1 Å². The van der Waals surface area contributed by atoms with Gasteiger partial charge >= 0.3 is 11.8 Å². The molecule has 0 saturated carbocycles. The van der Waals surface area contributed by atoms with E-state index in [9.17, 15) is 9.59 Å². The number of anilines is 2. The lowest BCUT2D eigenvalue weighted by molar-refractivity contribution is -0.146. The molecule has 36 heavy (non-hydrogen) atoms. The Morgan fingerprint density at radius 3 is 2.67 bits per heavy atom. The summed E-state index contributed by atoms with van der Waals surface area (Å²) in [5.41, 5.74) is 8.12. The smallest absolute Gasteiger partial charge is 0.313 e. The number of hydrogen-bond donors (Lipinski definition) is 2. The predicted octanol–water partition coefficient (Wildman–Crippen LogP) is 3.36. The standard InChI is InChI=1S/C27H35N5O4/c1-4-18-13-20(15-29-24(18)28)30-25(33)26(34)32-16-17(2)5-7-21(32)19-6-8-22-23(14-19)36-27(35-22)9-11-31(3)12-10-27/h6,8,13-15,17,21H,4-5,7,9-12,16H2,1-3H3,(H2,28,29)(H,30,33)/t17-,21+/m0/s1. The lowest BCUT2D eigenvalue weighted by Crippen LogP contribution is -2.48. The van der Waals surface area contributed by atoms with Crippen LogP contribution in [0, 0.1) is 5.92 Å². The second-order valence-corrected chi connectivity index (χ2v) is 10.4. The molecule has 1 spiro atoms. The van der Waals surface area contributed by atoms with Crippen molar-refractivity contribution in [3.05, 3.63) is 41.6 Å². The molecule has 9 heteroatoms. The second kappa shape index (κ2) is 9.61. The maximum absolute atomic E-state index is 13.4. The highest BCUT2D eigenvalue weighted by atomic mass is 16.7. The molecule has 2 amide bonds. The molecule has 0 bridgehead atoms. The number of hydrogen-bond acceptors (Lipinski definition) is 7. The van der Waals surface area contributed by atoms with Gasteiger partial charge in [-0.25, -0.2) is 4.98 Å². The fourth-order valence-corrected chi connectivity index (χ4v) is 5.39. The monoisotopic (exact) mass is 493 g/mol. The van der Waals surface area contributed by atoms with Gasteiger partial charge < -0.3 is 30.3 Å². The van der Waals surface area contributed by atoms with Crippen LogP contribution in [-0.2, 0) is 16.0 Å². The van der Waals surface area contributed by atoms with Crippen molar-refractivity contribution < 1.29 is 19.1 Å². The van der Waals surface area contributed by atoms with E-state index >= 15 is 0 Å². The van der Waals surface area contributed by atoms with Crippen LogP contribution >= 0.6 is 0 Å². The Kier molecular flexibility index (Phi) is 6.51. The number of benzene rings is 1. The molecule has 2 saturated heterocycles. The summed E-state index contributed by atoms with van der Waals surface area (Å²) in [7, 11) is 2.10. The average Bonchev–Trinajstić information content (AvgIpc) is 3.23. The fraction of sp³-hybridized carbons (Fsp3) is 0.519. The Balaban J connectivity index is 1.34. The van der Waals surface area contributed by atoms with Crippen LogP contribution in [0.2, 0.25) is 0 Å². The van der Waals surface area contributed by atoms with E-state index in [1.54, 1.807) is 11.0 Å². The topological polar surface area (TPSA) is 110 Å². The molecule has 192 valence electrons. The highest BCUT2D eigenvalue weighted by molar-refractivity contribution is 6.39. The van der Waals surface area contributed by atoms with Gasteiger partial charge in [-0.3, -0.25) is 9.59 Å². The van der Waals surface area contributed by atoms with Crippen molar-refractivity contribution in [3.8, 4) is 11.5 Å². The van der Waals surface area contributed by atoms with E-state index in [1.165, 1.54) is 6.20 Å². The minimum atomic E-state index is -0.672. The van der Waals surface area contributed by atoms with Gasteiger partial charge in [-0.15, -0.1) is 0 Å². The number of aryl methyl sites for hydroxylation is 1. The highest BCUT2D eigenvalue weighted by Crippen LogP contribution is 2.46. The number of pyridine rings is 1. The summed E-state index contributed by atoms with van der Waals surface area (Å²) in [6.07, 6.45) is 5.52. The third-order valence-electron chi connectivity index (χ3n) is 7.61. The van der Waals surface area contributed by atoms with Gasteiger partial charge in [0.05, 0.1) is 17.9 Å². The Morgan fingerprint density at radius 1 is 1.17 bits per heavy atom. The summed E-state index contributed by atoms with van der Waals surface area (Å²) in [5, 5.41) is 2.71. The number of likely N-dealkylation sites (tertiary alicyclic amines) is 2. The van der Waals surface area contributed by atoms with Crippen LogP contribution in [0.3, 0.4) is 0 Å². The van der Waals surface area contributed by atoms with Crippen molar-refractivity contribution in [1.82, 2.24) is 14.8 Å². The molecule has 3 N–H and O–H groups in total. The van der Waals surface area contributed by atoms with Crippen molar-refractivity contribution in [1.29, 1.82) is 0 Å². The highest BCUT2D eigenvalue weighted by Gasteiger charge is 2.44. The van der Waals surface area contributed by atoms with Gasteiger partial charge in [-0.1, -0.05) is 19.9 Å². The van der Waals surface area contributed by atoms with Crippen molar-refractivity contribution in [3.63, 3.8) is 0 Å². The third-order valence-corrected chi connectivity index (χ3v) is 7.61. The SMILES string of the molecule is CCc1cc(NC(=O)C(=O)N2C[C@@H](C)CC[C@@H]2c2ccc3c(c2)OC2(CCN(C)CC2)O3)cnc1N.